The number of carboxylic acids is 1. The van der Waals surface area contributed by atoms with Gasteiger partial charge in [0.2, 0.25) is 0 Å². The molecule has 0 unspecified atom stereocenters. The summed E-state index contributed by atoms with van der Waals surface area (Å²) in [6, 6.07) is 0. The Labute approximate surface area is 144 Å². The second-order valence-corrected chi connectivity index (χ2v) is 6.56. The molecule has 0 fully saturated rings. The molecular formula is C19H41NO3. The van der Waals surface area contributed by atoms with Gasteiger partial charge in [0.25, 0.3) is 0 Å². The number of hydrogen-bond acceptors (Lipinski definition) is 3. The normalized spacial score (nSPS) is 10.5. The van der Waals surface area contributed by atoms with E-state index in [1.807, 2.05) is 19.0 Å². The van der Waals surface area contributed by atoms with Gasteiger partial charge in [0.1, 0.15) is 0 Å². The molecule has 0 aliphatic carbocycles. The zero-order valence-electron chi connectivity index (χ0n) is 15.9. The highest BCUT2D eigenvalue weighted by Gasteiger charge is 1.96. The van der Waals surface area contributed by atoms with Crippen LogP contribution >= 0.6 is 0 Å². The summed E-state index contributed by atoms with van der Waals surface area (Å²) in [5, 5.41) is 16.7. The first-order chi connectivity index (χ1) is 11.0. The summed E-state index contributed by atoms with van der Waals surface area (Å²) >= 11 is 0. The number of aliphatic hydroxyl groups excluding tert-OH is 1. The molecular weight excluding hydrogens is 290 g/mol. The maximum absolute atomic E-state index is 10.3. The van der Waals surface area contributed by atoms with Gasteiger partial charge in [0.05, 0.1) is 6.61 Å². The van der Waals surface area contributed by atoms with Crippen LogP contribution in [0.5, 0.6) is 0 Å². The molecule has 0 spiro atoms. The molecule has 4 nitrogen and oxygen atoms in total. The Morgan fingerprint density at radius 3 is 1.43 bits per heavy atom. The summed E-state index contributed by atoms with van der Waals surface area (Å²) in [5.41, 5.74) is 0. The van der Waals surface area contributed by atoms with Crippen molar-refractivity contribution >= 4 is 5.97 Å². The van der Waals surface area contributed by atoms with E-state index in [0.29, 0.717) is 6.42 Å². The van der Waals surface area contributed by atoms with Gasteiger partial charge in [0.15, 0.2) is 0 Å². The van der Waals surface area contributed by atoms with Gasteiger partial charge in [-0.25, -0.2) is 0 Å². The van der Waals surface area contributed by atoms with Crippen molar-refractivity contribution in [3.05, 3.63) is 0 Å². The second kappa shape index (κ2) is 21.4. The fraction of sp³-hybridized carbons (Fsp3) is 0.947. The second-order valence-electron chi connectivity index (χ2n) is 6.56. The third kappa shape index (κ3) is 29.9. The van der Waals surface area contributed by atoms with E-state index in [0.717, 1.165) is 19.4 Å². The molecule has 2 N–H and O–H groups in total. The summed E-state index contributed by atoms with van der Waals surface area (Å²) in [4.78, 5) is 12.2. The zero-order chi connectivity index (χ0) is 17.8. The largest absolute Gasteiger partial charge is 0.481 e. The average molecular weight is 332 g/mol. The average Bonchev–Trinajstić information content (AvgIpc) is 2.48. The van der Waals surface area contributed by atoms with Crippen LogP contribution < -0.4 is 0 Å². The summed E-state index contributed by atoms with van der Waals surface area (Å²) < 4.78 is 0. The van der Waals surface area contributed by atoms with E-state index in [2.05, 4.69) is 6.92 Å². The molecule has 0 amide bonds. The predicted molar refractivity (Wildman–Crippen MR) is 99.0 cm³/mol. The molecule has 0 rings (SSSR count). The Kier molecular flexibility index (Phi) is 22.9. The quantitative estimate of drug-likeness (QED) is 0.427. The van der Waals surface area contributed by atoms with Crippen molar-refractivity contribution in [3.8, 4) is 0 Å². The van der Waals surface area contributed by atoms with Crippen molar-refractivity contribution in [2.24, 2.45) is 0 Å². The Bertz CT molecular complexity index is 233. The third-order valence-electron chi connectivity index (χ3n) is 3.79. The molecule has 140 valence electrons. The number of unbranched alkanes of at least 4 members (excludes halogenated alkanes) is 11. The number of aliphatic carboxylic acids is 1. The number of carbonyl (C=O) groups is 1. The van der Waals surface area contributed by atoms with Gasteiger partial charge in [0, 0.05) is 13.0 Å². The molecule has 4 heteroatoms. The van der Waals surface area contributed by atoms with Gasteiger partial charge in [-0.15, -0.1) is 0 Å². The molecule has 0 saturated carbocycles. The van der Waals surface area contributed by atoms with Gasteiger partial charge < -0.3 is 15.1 Å². The number of carboxylic acid groups (broad SMARTS) is 1. The Morgan fingerprint density at radius 1 is 0.783 bits per heavy atom. The topological polar surface area (TPSA) is 60.8 Å². The van der Waals surface area contributed by atoms with Gasteiger partial charge in [-0.05, 0) is 20.5 Å². The van der Waals surface area contributed by atoms with Crippen molar-refractivity contribution in [2.45, 2.75) is 90.4 Å². The number of nitrogens with zero attached hydrogens (tertiary/aromatic N) is 1. The van der Waals surface area contributed by atoms with Crippen molar-refractivity contribution in [1.82, 2.24) is 4.90 Å². The van der Waals surface area contributed by atoms with Crippen LogP contribution in [0.4, 0.5) is 0 Å². The van der Waals surface area contributed by atoms with Crippen LogP contribution in [0.3, 0.4) is 0 Å². The maximum atomic E-state index is 10.3. The minimum absolute atomic E-state index is 0.257. The predicted octanol–water partition coefficient (Wildman–Crippen LogP) is 4.70. The third-order valence-corrected chi connectivity index (χ3v) is 3.79. The number of aliphatic hydroxyl groups is 1. The van der Waals surface area contributed by atoms with Crippen molar-refractivity contribution in [2.75, 3.05) is 27.2 Å². The first-order valence-electron chi connectivity index (χ1n) is 9.52. The summed E-state index contributed by atoms with van der Waals surface area (Å²) in [6.07, 6.45) is 15.8. The van der Waals surface area contributed by atoms with E-state index < -0.39 is 5.97 Å². The van der Waals surface area contributed by atoms with Gasteiger partial charge in [-0.2, -0.15) is 0 Å². The summed E-state index contributed by atoms with van der Waals surface area (Å²) in [5.74, 6) is -0.655. The molecule has 0 aromatic rings. The van der Waals surface area contributed by atoms with Gasteiger partial charge in [-0.3, -0.25) is 4.79 Å². The van der Waals surface area contributed by atoms with Crippen molar-refractivity contribution in [3.63, 3.8) is 0 Å². The zero-order valence-corrected chi connectivity index (χ0v) is 15.9. The van der Waals surface area contributed by atoms with E-state index in [1.54, 1.807) is 0 Å². The van der Waals surface area contributed by atoms with E-state index in [-0.39, 0.29) is 6.61 Å². The lowest BCUT2D eigenvalue weighted by Crippen LogP contribution is -2.15. The maximum Gasteiger partial charge on any atom is 0.303 e. The molecule has 0 aromatic heterocycles. The van der Waals surface area contributed by atoms with Crippen LogP contribution in [0.15, 0.2) is 0 Å². The van der Waals surface area contributed by atoms with E-state index in [4.69, 9.17) is 10.2 Å². The highest BCUT2D eigenvalue weighted by Crippen LogP contribution is 2.12. The van der Waals surface area contributed by atoms with Crippen LogP contribution in [0, 0.1) is 0 Å². The lowest BCUT2D eigenvalue weighted by molar-refractivity contribution is -0.137. The molecule has 0 heterocycles. The van der Waals surface area contributed by atoms with Gasteiger partial charge >= 0.3 is 5.97 Å². The van der Waals surface area contributed by atoms with E-state index >= 15 is 0 Å². The lowest BCUT2D eigenvalue weighted by Gasteiger charge is -2.03. The van der Waals surface area contributed by atoms with Crippen LogP contribution in [0.25, 0.3) is 0 Å². The Balaban J connectivity index is 0. The molecule has 0 aromatic carbocycles. The van der Waals surface area contributed by atoms with E-state index in [9.17, 15) is 4.79 Å². The number of likely N-dealkylation sites (N-methyl/N-ethyl adjacent to an activating group) is 1. The lowest BCUT2D eigenvalue weighted by atomic mass is 10.0. The molecule has 0 bridgehead atoms. The number of rotatable bonds is 15. The van der Waals surface area contributed by atoms with Crippen LogP contribution in [-0.4, -0.2) is 48.3 Å². The highest BCUT2D eigenvalue weighted by atomic mass is 16.4. The monoisotopic (exact) mass is 331 g/mol. The minimum Gasteiger partial charge on any atom is -0.481 e. The molecule has 0 atom stereocenters. The SMILES string of the molecule is CCCCCCCCCCCCCCC(=O)O.CN(C)CCO. The highest BCUT2D eigenvalue weighted by molar-refractivity contribution is 5.66. The van der Waals surface area contributed by atoms with E-state index in [1.165, 1.54) is 64.2 Å². The van der Waals surface area contributed by atoms with Crippen molar-refractivity contribution < 1.29 is 15.0 Å². The molecule has 0 saturated heterocycles. The van der Waals surface area contributed by atoms with Crippen LogP contribution in [-0.2, 0) is 4.79 Å². The molecule has 0 aliphatic heterocycles. The first kappa shape index (κ1) is 24.6. The van der Waals surface area contributed by atoms with Crippen LogP contribution in [0.2, 0.25) is 0 Å². The van der Waals surface area contributed by atoms with Crippen LogP contribution in [0.1, 0.15) is 90.4 Å². The Hall–Kier alpha value is -0.610. The minimum atomic E-state index is -0.655. The molecule has 0 aliphatic rings. The van der Waals surface area contributed by atoms with Gasteiger partial charge in [-0.1, -0.05) is 77.6 Å². The fourth-order valence-corrected chi connectivity index (χ4v) is 2.32. The molecule has 0 radical (unpaired) electrons. The smallest absolute Gasteiger partial charge is 0.303 e. The molecule has 23 heavy (non-hydrogen) atoms. The standard InChI is InChI=1S/C15H30O2.C4H11NO/c1-2-3-4-5-6-7-8-9-10-11-12-13-14-15(16)17;1-5(2)3-4-6/h2-14H2,1H3,(H,16,17);6H,3-4H2,1-2H3. The summed E-state index contributed by atoms with van der Waals surface area (Å²) in [7, 11) is 3.85. The van der Waals surface area contributed by atoms with Crippen molar-refractivity contribution in [1.29, 1.82) is 0 Å². The Morgan fingerprint density at radius 2 is 1.17 bits per heavy atom. The first-order valence-corrected chi connectivity index (χ1v) is 9.52. The summed E-state index contributed by atoms with van der Waals surface area (Å²) in [6.45, 7) is 3.28. The fourth-order valence-electron chi connectivity index (χ4n) is 2.32. The number of hydrogen-bond donors (Lipinski definition) is 2.